The molecule has 1 aliphatic rings. The zero-order valence-corrected chi connectivity index (χ0v) is 6.51. The number of carbonyl (C=O) groups is 1. The molecule has 0 radical (unpaired) electrons. The maximum Gasteiger partial charge on any atom is 0.140 e. The molecule has 11 heavy (non-hydrogen) atoms. The van der Waals surface area contributed by atoms with Gasteiger partial charge in [0.25, 0.3) is 0 Å². The SMILES string of the molecule is C=CC[C@]1(C(=O)[O-])CCC[NH2+]1. The zero-order valence-electron chi connectivity index (χ0n) is 6.51. The van der Waals surface area contributed by atoms with Crippen LogP contribution in [0.2, 0.25) is 0 Å². The molecule has 1 fully saturated rings. The number of quaternary nitrogens is 1. The van der Waals surface area contributed by atoms with E-state index in [0.29, 0.717) is 12.8 Å². The first kappa shape index (κ1) is 8.27. The number of hydrogen-bond donors (Lipinski definition) is 1. The highest BCUT2D eigenvalue weighted by Crippen LogP contribution is 2.15. The predicted molar refractivity (Wildman–Crippen MR) is 38.6 cm³/mol. The lowest BCUT2D eigenvalue weighted by Crippen LogP contribution is -2.97. The van der Waals surface area contributed by atoms with E-state index in [1.54, 1.807) is 6.08 Å². The Balaban J connectivity index is 2.69. The molecule has 0 amide bonds. The van der Waals surface area contributed by atoms with Crippen molar-refractivity contribution in [2.75, 3.05) is 6.54 Å². The van der Waals surface area contributed by atoms with E-state index in [0.717, 1.165) is 13.0 Å². The topological polar surface area (TPSA) is 56.7 Å². The summed E-state index contributed by atoms with van der Waals surface area (Å²) in [4.78, 5) is 10.7. The number of aliphatic carboxylic acids is 1. The van der Waals surface area contributed by atoms with Crippen molar-refractivity contribution in [1.29, 1.82) is 0 Å². The van der Waals surface area contributed by atoms with Gasteiger partial charge in [-0.25, -0.2) is 0 Å². The molecule has 0 aliphatic carbocycles. The molecular formula is C8H13NO2. The van der Waals surface area contributed by atoms with Gasteiger partial charge >= 0.3 is 0 Å². The molecule has 0 unspecified atom stereocenters. The second-order valence-electron chi connectivity index (χ2n) is 3.03. The summed E-state index contributed by atoms with van der Waals surface area (Å²) in [6.45, 7) is 4.43. The molecule has 1 saturated heterocycles. The van der Waals surface area contributed by atoms with Gasteiger partial charge in [0.2, 0.25) is 0 Å². The van der Waals surface area contributed by atoms with Crippen LogP contribution in [0.1, 0.15) is 19.3 Å². The summed E-state index contributed by atoms with van der Waals surface area (Å²) < 4.78 is 0. The van der Waals surface area contributed by atoms with Crippen molar-refractivity contribution in [2.45, 2.75) is 24.8 Å². The number of carboxylic acids is 1. The number of nitrogens with two attached hydrogens (primary N) is 1. The average Bonchev–Trinajstić information content (AvgIpc) is 2.38. The lowest BCUT2D eigenvalue weighted by atomic mass is 9.94. The summed E-state index contributed by atoms with van der Waals surface area (Å²) in [5.74, 6) is -0.949. The van der Waals surface area contributed by atoms with E-state index in [9.17, 15) is 9.90 Å². The van der Waals surface area contributed by atoms with Crippen LogP contribution in [0, 0.1) is 0 Å². The fourth-order valence-corrected chi connectivity index (χ4v) is 1.61. The average molecular weight is 155 g/mol. The van der Waals surface area contributed by atoms with E-state index >= 15 is 0 Å². The Morgan fingerprint density at radius 3 is 2.91 bits per heavy atom. The maximum absolute atomic E-state index is 10.7. The third-order valence-electron chi connectivity index (χ3n) is 2.28. The summed E-state index contributed by atoms with van der Waals surface area (Å²) in [7, 11) is 0. The van der Waals surface area contributed by atoms with Crippen LogP contribution in [0.4, 0.5) is 0 Å². The van der Waals surface area contributed by atoms with Crippen molar-refractivity contribution < 1.29 is 15.2 Å². The van der Waals surface area contributed by atoms with Crippen molar-refractivity contribution in [3.8, 4) is 0 Å². The van der Waals surface area contributed by atoms with Gasteiger partial charge in [-0.3, -0.25) is 0 Å². The van der Waals surface area contributed by atoms with E-state index < -0.39 is 11.5 Å². The predicted octanol–water partition coefficient (Wildman–Crippen LogP) is -1.59. The first-order valence-electron chi connectivity index (χ1n) is 3.88. The Kier molecular flexibility index (Phi) is 2.29. The Hall–Kier alpha value is -0.830. The molecule has 0 aromatic heterocycles. The second kappa shape index (κ2) is 3.05. The quantitative estimate of drug-likeness (QED) is 0.499. The molecule has 0 spiro atoms. The number of rotatable bonds is 3. The normalized spacial score (nSPS) is 30.2. The van der Waals surface area contributed by atoms with Gasteiger partial charge in [-0.15, -0.1) is 6.58 Å². The molecule has 62 valence electrons. The molecule has 0 bridgehead atoms. The van der Waals surface area contributed by atoms with Crippen LogP contribution < -0.4 is 10.4 Å². The highest BCUT2D eigenvalue weighted by molar-refractivity contribution is 5.75. The summed E-state index contributed by atoms with van der Waals surface area (Å²) in [5.41, 5.74) is -0.693. The Labute approximate surface area is 66.1 Å². The van der Waals surface area contributed by atoms with Crippen molar-refractivity contribution >= 4 is 5.97 Å². The van der Waals surface area contributed by atoms with Gasteiger partial charge < -0.3 is 15.2 Å². The fourth-order valence-electron chi connectivity index (χ4n) is 1.61. The molecule has 0 aromatic rings. The fraction of sp³-hybridized carbons (Fsp3) is 0.625. The molecule has 1 heterocycles. The van der Waals surface area contributed by atoms with E-state index in [1.807, 2.05) is 5.32 Å². The van der Waals surface area contributed by atoms with E-state index in [-0.39, 0.29) is 0 Å². The van der Waals surface area contributed by atoms with Crippen LogP contribution in [0.3, 0.4) is 0 Å². The molecular weight excluding hydrogens is 142 g/mol. The minimum absolute atomic E-state index is 0.509. The number of carbonyl (C=O) groups excluding carboxylic acids is 1. The summed E-state index contributed by atoms with van der Waals surface area (Å²) >= 11 is 0. The Morgan fingerprint density at radius 1 is 1.82 bits per heavy atom. The zero-order chi connectivity index (χ0) is 8.32. The van der Waals surface area contributed by atoms with Gasteiger partial charge in [-0.2, -0.15) is 0 Å². The first-order chi connectivity index (χ1) is 5.21. The molecule has 2 N–H and O–H groups in total. The molecule has 1 atom stereocenters. The minimum Gasteiger partial charge on any atom is -0.544 e. The van der Waals surface area contributed by atoms with E-state index in [2.05, 4.69) is 6.58 Å². The summed E-state index contributed by atoms with van der Waals surface area (Å²) in [5, 5.41) is 12.6. The summed E-state index contributed by atoms with van der Waals surface area (Å²) in [6, 6.07) is 0. The first-order valence-corrected chi connectivity index (χ1v) is 3.88. The maximum atomic E-state index is 10.7. The highest BCUT2D eigenvalue weighted by Gasteiger charge is 2.37. The number of carboxylic acid groups (broad SMARTS) is 1. The minimum atomic E-state index is -0.949. The van der Waals surface area contributed by atoms with Gasteiger partial charge in [0.05, 0.1) is 6.54 Å². The van der Waals surface area contributed by atoms with Gasteiger partial charge in [0.1, 0.15) is 11.5 Å². The smallest absolute Gasteiger partial charge is 0.140 e. The standard InChI is InChI=1S/C8H13NO2/c1-2-4-8(7(10)11)5-3-6-9-8/h2,9H,1,3-6H2,(H,10,11)/t8-/m1/s1. The van der Waals surface area contributed by atoms with Crippen LogP contribution >= 0.6 is 0 Å². The van der Waals surface area contributed by atoms with E-state index in [4.69, 9.17) is 0 Å². The van der Waals surface area contributed by atoms with Crippen LogP contribution in [0.5, 0.6) is 0 Å². The molecule has 1 rings (SSSR count). The molecule has 1 aliphatic heterocycles. The molecule has 3 nitrogen and oxygen atoms in total. The second-order valence-corrected chi connectivity index (χ2v) is 3.03. The van der Waals surface area contributed by atoms with Crippen molar-refractivity contribution in [2.24, 2.45) is 0 Å². The molecule has 0 aromatic carbocycles. The monoisotopic (exact) mass is 155 g/mol. The van der Waals surface area contributed by atoms with Crippen LogP contribution in [0.15, 0.2) is 12.7 Å². The Morgan fingerprint density at radius 2 is 2.55 bits per heavy atom. The highest BCUT2D eigenvalue weighted by atomic mass is 16.4. The van der Waals surface area contributed by atoms with Crippen molar-refractivity contribution in [3.63, 3.8) is 0 Å². The third kappa shape index (κ3) is 1.43. The lowest BCUT2D eigenvalue weighted by molar-refractivity contribution is -0.700. The van der Waals surface area contributed by atoms with Crippen LogP contribution in [0.25, 0.3) is 0 Å². The van der Waals surface area contributed by atoms with Crippen molar-refractivity contribution in [3.05, 3.63) is 12.7 Å². The van der Waals surface area contributed by atoms with Gasteiger partial charge in [-0.1, -0.05) is 6.08 Å². The summed E-state index contributed by atoms with van der Waals surface area (Å²) in [6.07, 6.45) is 3.83. The van der Waals surface area contributed by atoms with Crippen LogP contribution in [-0.4, -0.2) is 18.1 Å². The third-order valence-corrected chi connectivity index (χ3v) is 2.28. The van der Waals surface area contributed by atoms with Gasteiger partial charge in [0.15, 0.2) is 0 Å². The van der Waals surface area contributed by atoms with Crippen LogP contribution in [-0.2, 0) is 4.79 Å². The number of hydrogen-bond acceptors (Lipinski definition) is 2. The van der Waals surface area contributed by atoms with Gasteiger partial charge in [-0.05, 0) is 0 Å². The largest absolute Gasteiger partial charge is 0.544 e. The molecule has 0 saturated carbocycles. The van der Waals surface area contributed by atoms with Crippen molar-refractivity contribution in [1.82, 2.24) is 0 Å². The van der Waals surface area contributed by atoms with Gasteiger partial charge in [0, 0.05) is 19.3 Å². The molecule has 3 heteroatoms. The lowest BCUT2D eigenvalue weighted by Gasteiger charge is -2.25. The van der Waals surface area contributed by atoms with E-state index in [1.165, 1.54) is 0 Å². The Bertz CT molecular complexity index is 171.